The zero-order valence-corrected chi connectivity index (χ0v) is 13.3. The average Bonchev–Trinajstić information content (AvgIpc) is 3.24. The van der Waals surface area contributed by atoms with Crippen molar-refractivity contribution in [2.45, 2.75) is 25.5 Å². The first-order valence-electron chi connectivity index (χ1n) is 7.66. The lowest BCUT2D eigenvalue weighted by molar-refractivity contribution is 0.0559. The summed E-state index contributed by atoms with van der Waals surface area (Å²) in [5, 5.41) is 0. The first kappa shape index (κ1) is 15.6. The van der Waals surface area contributed by atoms with Gasteiger partial charge in [0, 0.05) is 19.3 Å². The fourth-order valence-corrected chi connectivity index (χ4v) is 2.78. The van der Waals surface area contributed by atoms with E-state index in [1.165, 1.54) is 7.11 Å². The molecule has 2 aromatic rings. The molecular formula is C17H20N2O4. The molecule has 0 radical (unpaired) electrons. The lowest BCUT2D eigenvalue weighted by Crippen LogP contribution is -2.27. The number of hydrogen-bond acceptors (Lipinski definition) is 6. The first-order valence-corrected chi connectivity index (χ1v) is 7.66. The molecule has 122 valence electrons. The van der Waals surface area contributed by atoms with Gasteiger partial charge in [0.25, 0.3) is 0 Å². The Morgan fingerprint density at radius 2 is 2.30 bits per heavy atom. The van der Waals surface area contributed by atoms with Gasteiger partial charge in [-0.2, -0.15) is 0 Å². The highest BCUT2D eigenvalue weighted by Gasteiger charge is 2.30. The highest BCUT2D eigenvalue weighted by molar-refractivity contribution is 5.86. The molecule has 1 fully saturated rings. The number of hydrogen-bond donors (Lipinski definition) is 0. The molecule has 0 N–H and O–H groups in total. The van der Waals surface area contributed by atoms with Gasteiger partial charge >= 0.3 is 5.97 Å². The third kappa shape index (κ3) is 3.53. The Kier molecular flexibility index (Phi) is 4.62. The number of carbonyl (C=O) groups excluding carboxylic acids is 1. The van der Waals surface area contributed by atoms with E-state index in [9.17, 15) is 4.79 Å². The van der Waals surface area contributed by atoms with Gasteiger partial charge in [0.2, 0.25) is 5.76 Å². The molecule has 3 heterocycles. The number of esters is 1. The predicted octanol–water partition coefficient (Wildman–Crippen LogP) is 2.68. The van der Waals surface area contributed by atoms with Crippen molar-refractivity contribution in [2.24, 2.45) is 0 Å². The smallest absolute Gasteiger partial charge is 0.373 e. The molecule has 3 rings (SSSR count). The van der Waals surface area contributed by atoms with Gasteiger partial charge in [0.05, 0.1) is 19.3 Å². The van der Waals surface area contributed by atoms with Crippen LogP contribution >= 0.6 is 0 Å². The van der Waals surface area contributed by atoms with Crippen LogP contribution in [0.2, 0.25) is 0 Å². The monoisotopic (exact) mass is 316 g/mol. The number of aromatic nitrogens is 1. The van der Waals surface area contributed by atoms with Crippen LogP contribution in [0, 0.1) is 0 Å². The molecule has 1 aliphatic rings. The van der Waals surface area contributed by atoms with E-state index in [0.29, 0.717) is 0 Å². The third-order valence-electron chi connectivity index (χ3n) is 4.09. The van der Waals surface area contributed by atoms with Crippen LogP contribution in [-0.4, -0.2) is 42.2 Å². The van der Waals surface area contributed by atoms with E-state index in [2.05, 4.69) is 21.5 Å². The molecular weight excluding hydrogens is 296 g/mol. The first-order chi connectivity index (χ1) is 11.2. The van der Waals surface area contributed by atoms with Crippen LogP contribution in [0.25, 0.3) is 0 Å². The predicted molar refractivity (Wildman–Crippen MR) is 83.3 cm³/mol. The number of rotatable bonds is 5. The number of nitrogens with zero attached hydrogens (tertiary/aromatic N) is 2. The third-order valence-corrected chi connectivity index (χ3v) is 4.09. The van der Waals surface area contributed by atoms with Crippen molar-refractivity contribution in [2.75, 3.05) is 20.2 Å². The number of carbonyl (C=O) groups is 1. The number of methoxy groups -OCH3 is 1. The van der Waals surface area contributed by atoms with E-state index >= 15 is 0 Å². The second-order valence-corrected chi connectivity index (χ2v) is 5.58. The van der Waals surface area contributed by atoms with Crippen molar-refractivity contribution >= 4 is 5.97 Å². The van der Waals surface area contributed by atoms with E-state index in [4.69, 9.17) is 9.15 Å². The number of pyridine rings is 1. The van der Waals surface area contributed by atoms with E-state index in [1.54, 1.807) is 18.5 Å². The zero-order valence-electron chi connectivity index (χ0n) is 13.3. The van der Waals surface area contributed by atoms with Gasteiger partial charge in [-0.3, -0.25) is 9.88 Å². The molecule has 1 aliphatic heterocycles. The van der Waals surface area contributed by atoms with Gasteiger partial charge in [-0.05, 0) is 37.6 Å². The molecule has 2 aromatic heterocycles. The Hall–Kier alpha value is -2.34. The van der Waals surface area contributed by atoms with Crippen LogP contribution in [0.1, 0.15) is 35.7 Å². The van der Waals surface area contributed by atoms with E-state index in [0.717, 1.165) is 31.0 Å². The quantitative estimate of drug-likeness (QED) is 0.790. The molecule has 0 aliphatic carbocycles. The second-order valence-electron chi connectivity index (χ2n) is 5.58. The Labute approximate surface area is 135 Å². The van der Waals surface area contributed by atoms with Crippen molar-refractivity contribution in [1.82, 2.24) is 9.88 Å². The largest absolute Gasteiger partial charge is 0.487 e. The standard InChI is InChI=1S/C17H20N2O4/c1-12(15-5-6-16(23-15)17(20)21-2)19-9-7-14(11-19)22-13-4-3-8-18-10-13/h3-6,8,10,12,14H,7,9,11H2,1-2H3/t12-,14+/m1/s1. The second kappa shape index (κ2) is 6.83. The van der Waals surface area contributed by atoms with Crippen LogP contribution in [0.4, 0.5) is 0 Å². The fourth-order valence-electron chi connectivity index (χ4n) is 2.78. The maximum absolute atomic E-state index is 11.5. The summed E-state index contributed by atoms with van der Waals surface area (Å²) in [6, 6.07) is 7.33. The van der Waals surface area contributed by atoms with Gasteiger partial charge in [0.15, 0.2) is 0 Å². The summed E-state index contributed by atoms with van der Waals surface area (Å²) in [6.45, 7) is 3.79. The van der Waals surface area contributed by atoms with Crippen molar-refractivity contribution in [3.8, 4) is 5.75 Å². The van der Waals surface area contributed by atoms with Crippen molar-refractivity contribution in [3.63, 3.8) is 0 Å². The summed E-state index contributed by atoms with van der Waals surface area (Å²) in [5.41, 5.74) is 0. The zero-order chi connectivity index (χ0) is 16.2. The molecule has 0 amide bonds. The lowest BCUT2D eigenvalue weighted by atomic mass is 10.2. The Bertz CT molecular complexity index is 656. The van der Waals surface area contributed by atoms with Gasteiger partial charge < -0.3 is 13.9 Å². The normalized spacial score (nSPS) is 19.5. The van der Waals surface area contributed by atoms with E-state index in [1.807, 2.05) is 18.2 Å². The van der Waals surface area contributed by atoms with Crippen LogP contribution in [0.15, 0.2) is 41.1 Å². The Balaban J connectivity index is 1.60. The van der Waals surface area contributed by atoms with Crippen LogP contribution in [-0.2, 0) is 4.74 Å². The lowest BCUT2D eigenvalue weighted by Gasteiger charge is -2.22. The Morgan fingerprint density at radius 1 is 1.43 bits per heavy atom. The molecule has 0 saturated carbocycles. The van der Waals surface area contributed by atoms with Gasteiger partial charge in [-0.1, -0.05) is 0 Å². The number of likely N-dealkylation sites (tertiary alicyclic amines) is 1. The van der Waals surface area contributed by atoms with Gasteiger partial charge in [-0.15, -0.1) is 0 Å². The maximum Gasteiger partial charge on any atom is 0.373 e. The highest BCUT2D eigenvalue weighted by Crippen LogP contribution is 2.28. The molecule has 0 bridgehead atoms. The summed E-state index contributed by atoms with van der Waals surface area (Å²) < 4.78 is 16.2. The summed E-state index contributed by atoms with van der Waals surface area (Å²) in [7, 11) is 1.34. The van der Waals surface area contributed by atoms with Crippen LogP contribution in [0.5, 0.6) is 5.75 Å². The summed E-state index contributed by atoms with van der Waals surface area (Å²) >= 11 is 0. The average molecular weight is 316 g/mol. The van der Waals surface area contributed by atoms with Gasteiger partial charge in [-0.25, -0.2) is 4.79 Å². The molecule has 0 spiro atoms. The summed E-state index contributed by atoms with van der Waals surface area (Å²) in [4.78, 5) is 17.8. The van der Waals surface area contributed by atoms with Crippen LogP contribution in [0.3, 0.4) is 0 Å². The SMILES string of the molecule is COC(=O)c1ccc([C@@H](C)N2CC[C@H](Oc3cccnc3)C2)o1. The van der Waals surface area contributed by atoms with Crippen molar-refractivity contribution in [1.29, 1.82) is 0 Å². The van der Waals surface area contributed by atoms with Crippen molar-refractivity contribution in [3.05, 3.63) is 48.2 Å². The number of ether oxygens (including phenoxy) is 2. The molecule has 23 heavy (non-hydrogen) atoms. The highest BCUT2D eigenvalue weighted by atomic mass is 16.5. The van der Waals surface area contributed by atoms with Gasteiger partial charge in [0.1, 0.15) is 17.6 Å². The molecule has 1 saturated heterocycles. The maximum atomic E-state index is 11.5. The van der Waals surface area contributed by atoms with Crippen molar-refractivity contribution < 1.29 is 18.7 Å². The molecule has 6 nitrogen and oxygen atoms in total. The minimum absolute atomic E-state index is 0.0795. The molecule has 6 heteroatoms. The topological polar surface area (TPSA) is 64.8 Å². The number of furan rings is 1. The summed E-state index contributed by atoms with van der Waals surface area (Å²) in [6.07, 6.45) is 4.54. The molecule has 2 atom stereocenters. The minimum Gasteiger partial charge on any atom is -0.487 e. The van der Waals surface area contributed by atoms with E-state index in [-0.39, 0.29) is 17.9 Å². The fraction of sp³-hybridized carbons (Fsp3) is 0.412. The molecule has 0 aromatic carbocycles. The summed E-state index contributed by atoms with van der Waals surface area (Å²) in [5.74, 6) is 1.32. The Morgan fingerprint density at radius 3 is 3.04 bits per heavy atom. The minimum atomic E-state index is -0.456. The molecule has 0 unspecified atom stereocenters. The van der Waals surface area contributed by atoms with E-state index < -0.39 is 5.97 Å². The van der Waals surface area contributed by atoms with Crippen LogP contribution < -0.4 is 4.74 Å².